The van der Waals surface area contributed by atoms with Crippen LogP contribution in [0.15, 0.2) is 24.3 Å². The Hall–Kier alpha value is -1.95. The van der Waals surface area contributed by atoms with Gasteiger partial charge in [0.15, 0.2) is 0 Å². The topological polar surface area (TPSA) is 98.3 Å². The Morgan fingerprint density at radius 1 is 1.39 bits per heavy atom. The zero-order valence-corrected chi connectivity index (χ0v) is 9.89. The number of nitrogens with one attached hydrogen (secondary N) is 1. The summed E-state index contributed by atoms with van der Waals surface area (Å²) in [5.41, 5.74) is 6.17. The summed E-state index contributed by atoms with van der Waals surface area (Å²) in [6.07, 6.45) is 3.12. The van der Waals surface area contributed by atoms with E-state index >= 15 is 0 Å². The first kappa shape index (κ1) is 12.5. The molecule has 1 aromatic carbocycles. The zero-order chi connectivity index (χ0) is 13.2. The van der Waals surface area contributed by atoms with Gasteiger partial charge in [0.25, 0.3) is 5.69 Å². The van der Waals surface area contributed by atoms with Gasteiger partial charge in [0.1, 0.15) is 0 Å². The molecule has 1 fully saturated rings. The molecule has 0 spiro atoms. The average Bonchev–Trinajstić information content (AvgIpc) is 2.27. The van der Waals surface area contributed by atoms with Gasteiger partial charge < -0.3 is 11.1 Å². The van der Waals surface area contributed by atoms with Crippen molar-refractivity contribution < 1.29 is 9.72 Å². The maximum absolute atomic E-state index is 11.7. The van der Waals surface area contributed by atoms with Crippen molar-refractivity contribution in [2.24, 2.45) is 5.73 Å². The fraction of sp³-hybridized carbons (Fsp3) is 0.417. The summed E-state index contributed by atoms with van der Waals surface area (Å²) in [5.74, 6) is -0.147. The van der Waals surface area contributed by atoms with Crippen LogP contribution in [0.3, 0.4) is 0 Å². The van der Waals surface area contributed by atoms with Gasteiger partial charge in [0.05, 0.1) is 4.92 Å². The van der Waals surface area contributed by atoms with E-state index in [0.717, 1.165) is 19.3 Å². The van der Waals surface area contributed by atoms with Gasteiger partial charge in [-0.05, 0) is 31.4 Å². The van der Waals surface area contributed by atoms with Crippen molar-refractivity contribution in [2.75, 3.05) is 5.32 Å². The summed E-state index contributed by atoms with van der Waals surface area (Å²) >= 11 is 0. The molecule has 0 aromatic heterocycles. The first-order valence-electron chi connectivity index (χ1n) is 5.82. The molecule has 2 rings (SSSR count). The van der Waals surface area contributed by atoms with Crippen LogP contribution in [-0.2, 0) is 4.79 Å². The zero-order valence-electron chi connectivity index (χ0n) is 9.89. The molecule has 0 atom stereocenters. The van der Waals surface area contributed by atoms with Crippen LogP contribution in [0.4, 0.5) is 11.4 Å². The fourth-order valence-corrected chi connectivity index (χ4v) is 2.00. The average molecular weight is 249 g/mol. The molecule has 96 valence electrons. The summed E-state index contributed by atoms with van der Waals surface area (Å²) in [4.78, 5) is 21.7. The Bertz CT molecular complexity index is 466. The lowest BCUT2D eigenvalue weighted by atomic mass is 9.75. The SMILES string of the molecule is NC1(CC(=O)Nc2ccc([N+](=O)[O-])cc2)CCC1. The second kappa shape index (κ2) is 4.73. The van der Waals surface area contributed by atoms with Crippen LogP contribution in [0.5, 0.6) is 0 Å². The molecule has 6 heteroatoms. The number of benzene rings is 1. The van der Waals surface area contributed by atoms with E-state index < -0.39 is 4.92 Å². The first-order valence-corrected chi connectivity index (χ1v) is 5.82. The number of non-ortho nitro benzene ring substituents is 1. The summed E-state index contributed by atoms with van der Waals surface area (Å²) in [7, 11) is 0. The van der Waals surface area contributed by atoms with Crippen molar-refractivity contribution >= 4 is 17.3 Å². The molecule has 3 N–H and O–H groups in total. The molecule has 1 aliphatic carbocycles. The van der Waals surface area contributed by atoms with E-state index in [-0.39, 0.29) is 17.1 Å². The van der Waals surface area contributed by atoms with E-state index in [1.54, 1.807) is 0 Å². The normalized spacial score (nSPS) is 16.7. The molecule has 0 bridgehead atoms. The number of nitro groups is 1. The third-order valence-corrected chi connectivity index (χ3v) is 3.22. The van der Waals surface area contributed by atoms with Crippen molar-refractivity contribution in [1.29, 1.82) is 0 Å². The van der Waals surface area contributed by atoms with Crippen LogP contribution in [-0.4, -0.2) is 16.4 Å². The number of nitro benzene ring substituents is 1. The number of hydrogen-bond acceptors (Lipinski definition) is 4. The molecule has 18 heavy (non-hydrogen) atoms. The maximum Gasteiger partial charge on any atom is 0.269 e. The summed E-state index contributed by atoms with van der Waals surface area (Å²) in [6.45, 7) is 0. The monoisotopic (exact) mass is 249 g/mol. The number of carbonyl (C=O) groups is 1. The number of hydrogen-bond donors (Lipinski definition) is 2. The van der Waals surface area contributed by atoms with E-state index in [0.29, 0.717) is 12.1 Å². The molecular weight excluding hydrogens is 234 g/mol. The number of nitrogens with two attached hydrogens (primary N) is 1. The van der Waals surface area contributed by atoms with Gasteiger partial charge in [0, 0.05) is 29.8 Å². The van der Waals surface area contributed by atoms with Gasteiger partial charge in [0.2, 0.25) is 5.91 Å². The third-order valence-electron chi connectivity index (χ3n) is 3.22. The van der Waals surface area contributed by atoms with Crippen molar-refractivity contribution in [1.82, 2.24) is 0 Å². The Labute approximate surface area is 104 Å². The van der Waals surface area contributed by atoms with Crippen LogP contribution < -0.4 is 11.1 Å². The number of nitrogens with zero attached hydrogens (tertiary/aromatic N) is 1. The van der Waals surface area contributed by atoms with Crippen LogP contribution >= 0.6 is 0 Å². The highest BCUT2D eigenvalue weighted by Gasteiger charge is 2.34. The lowest BCUT2D eigenvalue weighted by Gasteiger charge is -2.37. The Morgan fingerprint density at radius 2 is 2.00 bits per heavy atom. The summed E-state index contributed by atoms with van der Waals surface area (Å²) in [6, 6.07) is 5.74. The number of carbonyl (C=O) groups excluding carboxylic acids is 1. The lowest BCUT2D eigenvalue weighted by Crippen LogP contribution is -2.48. The van der Waals surface area contributed by atoms with E-state index in [1.807, 2.05) is 0 Å². The van der Waals surface area contributed by atoms with Crippen LogP contribution in [0.25, 0.3) is 0 Å². The van der Waals surface area contributed by atoms with Crippen molar-refractivity contribution in [2.45, 2.75) is 31.2 Å². The highest BCUT2D eigenvalue weighted by Crippen LogP contribution is 2.32. The van der Waals surface area contributed by atoms with Gasteiger partial charge in [-0.1, -0.05) is 0 Å². The Morgan fingerprint density at radius 3 is 2.44 bits per heavy atom. The van der Waals surface area contributed by atoms with Gasteiger partial charge >= 0.3 is 0 Å². The largest absolute Gasteiger partial charge is 0.326 e. The third kappa shape index (κ3) is 2.84. The molecule has 0 unspecified atom stereocenters. The van der Waals surface area contributed by atoms with Gasteiger partial charge in [-0.2, -0.15) is 0 Å². The second-order valence-electron chi connectivity index (χ2n) is 4.74. The van der Waals surface area contributed by atoms with E-state index in [1.165, 1.54) is 24.3 Å². The number of anilines is 1. The lowest BCUT2D eigenvalue weighted by molar-refractivity contribution is -0.384. The summed E-state index contributed by atoms with van der Waals surface area (Å²) in [5, 5.41) is 13.2. The quantitative estimate of drug-likeness (QED) is 0.628. The van der Waals surface area contributed by atoms with Gasteiger partial charge in [-0.15, -0.1) is 0 Å². The molecule has 1 amide bonds. The van der Waals surface area contributed by atoms with Crippen molar-refractivity contribution in [3.63, 3.8) is 0 Å². The summed E-state index contributed by atoms with van der Waals surface area (Å²) < 4.78 is 0. The van der Waals surface area contributed by atoms with Crippen LogP contribution in [0.1, 0.15) is 25.7 Å². The minimum atomic E-state index is -0.477. The molecule has 0 saturated heterocycles. The molecule has 1 aliphatic rings. The number of rotatable bonds is 4. The van der Waals surface area contributed by atoms with Gasteiger partial charge in [-0.3, -0.25) is 14.9 Å². The minimum Gasteiger partial charge on any atom is -0.326 e. The predicted octanol–water partition coefficient (Wildman–Crippen LogP) is 1.80. The molecule has 1 aromatic rings. The molecule has 0 heterocycles. The van der Waals surface area contributed by atoms with Gasteiger partial charge in [-0.25, -0.2) is 0 Å². The van der Waals surface area contributed by atoms with Crippen LogP contribution in [0.2, 0.25) is 0 Å². The minimum absolute atomic E-state index is 0.00212. The molecule has 6 nitrogen and oxygen atoms in total. The smallest absolute Gasteiger partial charge is 0.269 e. The maximum atomic E-state index is 11.7. The van der Waals surface area contributed by atoms with Crippen molar-refractivity contribution in [3.05, 3.63) is 34.4 Å². The molecule has 0 radical (unpaired) electrons. The van der Waals surface area contributed by atoms with E-state index in [4.69, 9.17) is 5.73 Å². The Kier molecular flexibility index (Phi) is 3.29. The first-order chi connectivity index (χ1) is 8.48. The molecular formula is C12H15N3O3. The molecule has 1 saturated carbocycles. The highest BCUT2D eigenvalue weighted by molar-refractivity contribution is 5.91. The molecule has 0 aliphatic heterocycles. The Balaban J connectivity index is 1.92. The predicted molar refractivity (Wildman–Crippen MR) is 67.1 cm³/mol. The second-order valence-corrected chi connectivity index (χ2v) is 4.74. The standard InChI is InChI=1S/C12H15N3O3/c13-12(6-1-7-12)8-11(16)14-9-2-4-10(5-3-9)15(17)18/h2-5H,1,6-8,13H2,(H,14,16). The van der Waals surface area contributed by atoms with Crippen molar-refractivity contribution in [3.8, 4) is 0 Å². The highest BCUT2D eigenvalue weighted by atomic mass is 16.6. The van der Waals surface area contributed by atoms with E-state index in [9.17, 15) is 14.9 Å². The number of amides is 1. The fourth-order valence-electron chi connectivity index (χ4n) is 2.00. The van der Waals surface area contributed by atoms with E-state index in [2.05, 4.69) is 5.32 Å². The van der Waals surface area contributed by atoms with Crippen LogP contribution in [0, 0.1) is 10.1 Å².